The van der Waals surface area contributed by atoms with Gasteiger partial charge in [-0.2, -0.15) is 0 Å². The molecule has 26 heavy (non-hydrogen) atoms. The quantitative estimate of drug-likeness (QED) is 0.328. The Hall–Kier alpha value is -2.16. The van der Waals surface area contributed by atoms with E-state index in [0.29, 0.717) is 22.4 Å². The fourth-order valence-corrected chi connectivity index (χ4v) is 3.74. The average molecular weight is 384 g/mol. The number of halogens is 2. The van der Waals surface area contributed by atoms with Gasteiger partial charge in [0.05, 0.1) is 11.6 Å². The standard InChI is InChI=1S/C22H19Cl2NO/c23-18-10-7-13-21(22(18)24)26-15-6-5-14-25-19-11-3-1-8-16(19)17-9-2-4-12-20(17)25/h1-4,7-13H,5-6,14-15H2. The summed E-state index contributed by atoms with van der Waals surface area (Å²) in [6, 6.07) is 22.6. The minimum atomic E-state index is 0.483. The van der Waals surface area contributed by atoms with Crippen molar-refractivity contribution in [3.8, 4) is 5.75 Å². The highest BCUT2D eigenvalue weighted by atomic mass is 35.5. The molecule has 0 aliphatic carbocycles. The number of ether oxygens (including phenoxy) is 1. The molecular formula is C22H19Cl2NO. The van der Waals surface area contributed by atoms with Gasteiger partial charge in [-0.1, -0.05) is 65.7 Å². The minimum Gasteiger partial charge on any atom is -0.492 e. The van der Waals surface area contributed by atoms with Crippen LogP contribution in [0, 0.1) is 0 Å². The first-order valence-corrected chi connectivity index (χ1v) is 9.54. The summed E-state index contributed by atoms with van der Waals surface area (Å²) in [5.41, 5.74) is 2.57. The van der Waals surface area contributed by atoms with Crippen LogP contribution < -0.4 is 4.74 Å². The van der Waals surface area contributed by atoms with E-state index in [-0.39, 0.29) is 0 Å². The first kappa shape index (κ1) is 17.3. The summed E-state index contributed by atoms with van der Waals surface area (Å²) in [5, 5.41) is 3.63. The third-order valence-electron chi connectivity index (χ3n) is 4.63. The first-order chi connectivity index (χ1) is 12.8. The monoisotopic (exact) mass is 383 g/mol. The smallest absolute Gasteiger partial charge is 0.139 e. The molecule has 0 spiro atoms. The predicted octanol–water partition coefficient (Wildman–Crippen LogP) is 6.96. The fourth-order valence-electron chi connectivity index (χ4n) is 3.39. The van der Waals surface area contributed by atoms with E-state index in [1.807, 2.05) is 12.1 Å². The van der Waals surface area contributed by atoms with Gasteiger partial charge in [0.25, 0.3) is 0 Å². The minimum absolute atomic E-state index is 0.483. The predicted molar refractivity (Wildman–Crippen MR) is 111 cm³/mol. The van der Waals surface area contributed by atoms with E-state index in [4.69, 9.17) is 27.9 Å². The molecule has 1 heterocycles. The third-order valence-corrected chi connectivity index (χ3v) is 5.43. The Kier molecular flexibility index (Phi) is 5.05. The summed E-state index contributed by atoms with van der Waals surface area (Å²) >= 11 is 12.2. The van der Waals surface area contributed by atoms with Crippen LogP contribution in [-0.2, 0) is 6.54 Å². The van der Waals surface area contributed by atoms with Gasteiger partial charge in [-0.05, 0) is 37.1 Å². The molecule has 0 unspecified atom stereocenters. The zero-order valence-electron chi connectivity index (χ0n) is 14.3. The van der Waals surface area contributed by atoms with Crippen molar-refractivity contribution in [2.24, 2.45) is 0 Å². The highest BCUT2D eigenvalue weighted by molar-refractivity contribution is 6.42. The number of hydrogen-bond donors (Lipinski definition) is 0. The molecule has 0 bridgehead atoms. The molecular weight excluding hydrogens is 365 g/mol. The van der Waals surface area contributed by atoms with Crippen molar-refractivity contribution in [3.05, 3.63) is 76.8 Å². The lowest BCUT2D eigenvalue weighted by Crippen LogP contribution is -2.02. The number of rotatable bonds is 6. The molecule has 0 saturated carbocycles. The number of aromatic nitrogens is 1. The molecule has 4 heteroatoms. The second kappa shape index (κ2) is 7.61. The van der Waals surface area contributed by atoms with Crippen LogP contribution in [0.25, 0.3) is 21.8 Å². The molecule has 0 aliphatic heterocycles. The lowest BCUT2D eigenvalue weighted by molar-refractivity contribution is 0.304. The van der Waals surface area contributed by atoms with E-state index in [1.165, 1.54) is 21.8 Å². The summed E-state index contributed by atoms with van der Waals surface area (Å²) in [6.07, 6.45) is 1.98. The van der Waals surface area contributed by atoms with Crippen LogP contribution in [0.3, 0.4) is 0 Å². The van der Waals surface area contributed by atoms with Gasteiger partial charge in [0.2, 0.25) is 0 Å². The van der Waals surface area contributed by atoms with E-state index < -0.39 is 0 Å². The molecule has 3 aromatic carbocycles. The Balaban J connectivity index is 1.44. The molecule has 0 radical (unpaired) electrons. The number of para-hydroxylation sites is 2. The van der Waals surface area contributed by atoms with Gasteiger partial charge in [-0.25, -0.2) is 0 Å². The third kappa shape index (κ3) is 3.27. The summed E-state index contributed by atoms with van der Waals surface area (Å²) in [5.74, 6) is 0.649. The van der Waals surface area contributed by atoms with Crippen LogP contribution in [0.1, 0.15) is 12.8 Å². The lowest BCUT2D eigenvalue weighted by atomic mass is 10.2. The normalized spacial score (nSPS) is 11.3. The summed E-state index contributed by atoms with van der Waals surface area (Å²) < 4.78 is 8.19. The number of unbranched alkanes of at least 4 members (excludes halogenated alkanes) is 1. The number of fused-ring (bicyclic) bond motifs is 3. The molecule has 0 amide bonds. The zero-order chi connectivity index (χ0) is 17.9. The van der Waals surface area contributed by atoms with Crippen LogP contribution in [0.15, 0.2) is 66.7 Å². The Morgan fingerprint density at radius 2 is 1.38 bits per heavy atom. The highest BCUT2D eigenvalue weighted by Gasteiger charge is 2.09. The Morgan fingerprint density at radius 1 is 0.731 bits per heavy atom. The summed E-state index contributed by atoms with van der Waals surface area (Å²) in [4.78, 5) is 0. The van der Waals surface area contributed by atoms with Crippen molar-refractivity contribution in [1.82, 2.24) is 4.57 Å². The van der Waals surface area contributed by atoms with E-state index in [2.05, 4.69) is 53.1 Å². The molecule has 1 aromatic heterocycles. The van der Waals surface area contributed by atoms with Crippen LogP contribution in [0.4, 0.5) is 0 Å². The van der Waals surface area contributed by atoms with Gasteiger partial charge in [-0.15, -0.1) is 0 Å². The van der Waals surface area contributed by atoms with Gasteiger partial charge in [0, 0.05) is 28.4 Å². The van der Waals surface area contributed by atoms with Crippen molar-refractivity contribution in [3.63, 3.8) is 0 Å². The SMILES string of the molecule is Clc1cccc(OCCCCn2c3ccccc3c3ccccc32)c1Cl. The second-order valence-electron chi connectivity index (χ2n) is 6.29. The molecule has 0 fully saturated rings. The van der Waals surface area contributed by atoms with Gasteiger partial charge in [0.1, 0.15) is 10.8 Å². The summed E-state index contributed by atoms with van der Waals surface area (Å²) in [6.45, 7) is 1.58. The Labute approximate surface area is 162 Å². The molecule has 132 valence electrons. The fraction of sp³-hybridized carbons (Fsp3) is 0.182. The van der Waals surface area contributed by atoms with Crippen molar-refractivity contribution in [1.29, 1.82) is 0 Å². The largest absolute Gasteiger partial charge is 0.492 e. The van der Waals surface area contributed by atoms with Crippen LogP contribution >= 0.6 is 23.2 Å². The summed E-state index contributed by atoms with van der Waals surface area (Å²) in [7, 11) is 0. The molecule has 4 aromatic rings. The van der Waals surface area contributed by atoms with Crippen molar-refractivity contribution in [2.75, 3.05) is 6.61 Å². The van der Waals surface area contributed by atoms with Crippen LogP contribution in [0.5, 0.6) is 5.75 Å². The van der Waals surface area contributed by atoms with Gasteiger partial charge in [0.15, 0.2) is 0 Å². The van der Waals surface area contributed by atoms with Gasteiger partial charge < -0.3 is 9.30 Å². The van der Waals surface area contributed by atoms with Crippen LogP contribution in [0.2, 0.25) is 10.0 Å². The van der Waals surface area contributed by atoms with E-state index in [1.54, 1.807) is 6.07 Å². The number of benzene rings is 3. The van der Waals surface area contributed by atoms with Crippen LogP contribution in [-0.4, -0.2) is 11.2 Å². The van der Waals surface area contributed by atoms with E-state index >= 15 is 0 Å². The molecule has 0 aliphatic rings. The topological polar surface area (TPSA) is 14.2 Å². The zero-order valence-corrected chi connectivity index (χ0v) is 15.8. The maximum Gasteiger partial charge on any atom is 0.139 e. The second-order valence-corrected chi connectivity index (χ2v) is 7.08. The Morgan fingerprint density at radius 3 is 2.08 bits per heavy atom. The van der Waals surface area contributed by atoms with Gasteiger partial charge in [-0.3, -0.25) is 0 Å². The van der Waals surface area contributed by atoms with Crippen molar-refractivity contribution < 1.29 is 4.74 Å². The van der Waals surface area contributed by atoms with E-state index in [9.17, 15) is 0 Å². The Bertz CT molecular complexity index is 1000. The molecule has 0 N–H and O–H groups in total. The van der Waals surface area contributed by atoms with Crippen molar-refractivity contribution in [2.45, 2.75) is 19.4 Å². The number of hydrogen-bond acceptors (Lipinski definition) is 1. The number of aryl methyl sites for hydroxylation is 1. The lowest BCUT2D eigenvalue weighted by Gasteiger charge is -2.10. The molecule has 4 rings (SSSR count). The molecule has 2 nitrogen and oxygen atoms in total. The maximum atomic E-state index is 6.16. The maximum absolute atomic E-state index is 6.16. The molecule has 0 atom stereocenters. The average Bonchev–Trinajstić information content (AvgIpc) is 2.99. The molecule has 0 saturated heterocycles. The van der Waals surface area contributed by atoms with Crippen molar-refractivity contribution >= 4 is 45.0 Å². The first-order valence-electron chi connectivity index (χ1n) is 8.78. The number of nitrogens with zero attached hydrogens (tertiary/aromatic N) is 1. The highest BCUT2D eigenvalue weighted by Crippen LogP contribution is 2.32. The van der Waals surface area contributed by atoms with E-state index in [0.717, 1.165) is 19.4 Å². The van der Waals surface area contributed by atoms with Gasteiger partial charge >= 0.3 is 0 Å².